The molecule has 24 heavy (non-hydrogen) atoms. The molecule has 0 N–H and O–H groups in total. The van der Waals surface area contributed by atoms with Gasteiger partial charge in [-0.05, 0) is 58.2 Å². The highest BCUT2D eigenvalue weighted by molar-refractivity contribution is 5.08. The molecule has 2 aliphatic rings. The highest BCUT2D eigenvalue weighted by Gasteiger charge is 2.58. The van der Waals surface area contributed by atoms with Crippen molar-refractivity contribution in [3.63, 3.8) is 0 Å². The third-order valence-electron chi connectivity index (χ3n) is 6.98. The maximum absolute atomic E-state index is 2.39. The van der Waals surface area contributed by atoms with Gasteiger partial charge in [-0.25, -0.2) is 0 Å². The van der Waals surface area contributed by atoms with Crippen LogP contribution in [-0.4, -0.2) is 0 Å². The van der Waals surface area contributed by atoms with Gasteiger partial charge in [0.15, 0.2) is 0 Å². The Kier molecular flexibility index (Phi) is 6.08. The maximum Gasteiger partial charge on any atom is -0.0200 e. The molecule has 0 aromatic rings. The SMILES string of the molecule is CC(C)(C)C(CC1CC1)C(C)(C)C.CC(C)(C)C1(C(C)(C)C)CC1. The first-order chi connectivity index (χ1) is 10.4. The first-order valence-corrected chi connectivity index (χ1v) is 10.4. The van der Waals surface area contributed by atoms with Crippen LogP contribution in [0.15, 0.2) is 0 Å². The van der Waals surface area contributed by atoms with Crippen LogP contribution < -0.4 is 0 Å². The highest BCUT2D eigenvalue weighted by Crippen LogP contribution is 2.67. The predicted molar refractivity (Wildman–Crippen MR) is 110 cm³/mol. The Morgan fingerprint density at radius 2 is 1.00 bits per heavy atom. The molecular weight excluding hydrogens is 288 g/mol. The average molecular weight is 337 g/mol. The van der Waals surface area contributed by atoms with E-state index in [9.17, 15) is 0 Å². The fraction of sp³-hybridized carbons (Fsp3) is 1.00. The molecule has 0 aliphatic heterocycles. The number of hydrogen-bond acceptors (Lipinski definition) is 0. The summed E-state index contributed by atoms with van der Waals surface area (Å²) in [5, 5.41) is 0. The summed E-state index contributed by atoms with van der Waals surface area (Å²) in [5.74, 6) is 1.93. The Morgan fingerprint density at radius 1 is 0.667 bits per heavy atom. The summed E-state index contributed by atoms with van der Waals surface area (Å²) in [6.07, 6.45) is 7.29. The molecule has 0 heterocycles. The lowest BCUT2D eigenvalue weighted by molar-refractivity contribution is 0.0745. The van der Waals surface area contributed by atoms with E-state index in [0.29, 0.717) is 27.1 Å². The molecule has 0 aromatic heterocycles. The lowest BCUT2D eigenvalue weighted by atomic mass is 9.63. The third-order valence-corrected chi connectivity index (χ3v) is 6.98. The largest absolute Gasteiger partial charge is 0.0599 e. The van der Waals surface area contributed by atoms with E-state index < -0.39 is 0 Å². The van der Waals surface area contributed by atoms with Gasteiger partial charge in [-0.1, -0.05) is 95.9 Å². The quantitative estimate of drug-likeness (QED) is 0.475. The van der Waals surface area contributed by atoms with Gasteiger partial charge in [0, 0.05) is 0 Å². The van der Waals surface area contributed by atoms with E-state index in [1.165, 1.54) is 32.1 Å². The molecule has 2 aliphatic carbocycles. The molecule has 0 amide bonds. The second-order valence-corrected chi connectivity index (χ2v) is 13.0. The number of hydrogen-bond donors (Lipinski definition) is 0. The summed E-state index contributed by atoms with van der Waals surface area (Å²) in [4.78, 5) is 0. The van der Waals surface area contributed by atoms with Crippen LogP contribution in [0, 0.1) is 38.9 Å². The molecule has 0 aromatic carbocycles. The van der Waals surface area contributed by atoms with Crippen molar-refractivity contribution in [3.05, 3.63) is 0 Å². The zero-order valence-corrected chi connectivity index (χ0v) is 19.2. The van der Waals surface area contributed by atoms with Gasteiger partial charge < -0.3 is 0 Å². The first kappa shape index (κ1) is 22.0. The summed E-state index contributed by atoms with van der Waals surface area (Å²) in [6, 6.07) is 0. The molecule has 2 saturated carbocycles. The van der Waals surface area contributed by atoms with Crippen molar-refractivity contribution in [1.82, 2.24) is 0 Å². The lowest BCUT2D eigenvalue weighted by Gasteiger charge is -2.41. The van der Waals surface area contributed by atoms with Gasteiger partial charge in [0.05, 0.1) is 0 Å². The van der Waals surface area contributed by atoms with Gasteiger partial charge in [-0.15, -0.1) is 0 Å². The van der Waals surface area contributed by atoms with Crippen LogP contribution >= 0.6 is 0 Å². The monoisotopic (exact) mass is 336 g/mol. The van der Waals surface area contributed by atoms with Crippen molar-refractivity contribution >= 4 is 0 Å². The molecule has 0 spiro atoms. The first-order valence-electron chi connectivity index (χ1n) is 10.4. The van der Waals surface area contributed by atoms with Crippen molar-refractivity contribution in [2.75, 3.05) is 0 Å². The van der Waals surface area contributed by atoms with E-state index in [0.717, 1.165) is 11.8 Å². The summed E-state index contributed by atoms with van der Waals surface area (Å²) >= 11 is 0. The van der Waals surface area contributed by atoms with Gasteiger partial charge in [0.25, 0.3) is 0 Å². The normalized spacial score (nSPS) is 21.4. The van der Waals surface area contributed by atoms with Crippen LogP contribution in [0.4, 0.5) is 0 Å². The fourth-order valence-electron chi connectivity index (χ4n) is 5.44. The van der Waals surface area contributed by atoms with Gasteiger partial charge in [0.1, 0.15) is 0 Å². The van der Waals surface area contributed by atoms with E-state index in [-0.39, 0.29) is 0 Å². The second-order valence-electron chi connectivity index (χ2n) is 13.0. The molecule has 2 rings (SSSR count). The van der Waals surface area contributed by atoms with E-state index in [1.807, 2.05) is 0 Å². The van der Waals surface area contributed by atoms with Crippen LogP contribution in [0.3, 0.4) is 0 Å². The molecule has 0 saturated heterocycles. The Bertz CT molecular complexity index is 361. The Morgan fingerprint density at radius 3 is 1.12 bits per heavy atom. The van der Waals surface area contributed by atoms with E-state index in [4.69, 9.17) is 0 Å². The lowest BCUT2D eigenvalue weighted by Crippen LogP contribution is -2.34. The van der Waals surface area contributed by atoms with E-state index in [2.05, 4.69) is 83.1 Å². The minimum absolute atomic E-state index is 0.473. The second kappa shape index (κ2) is 6.62. The number of rotatable bonds is 2. The molecule has 0 nitrogen and oxygen atoms in total. The van der Waals surface area contributed by atoms with E-state index in [1.54, 1.807) is 0 Å². The predicted octanol–water partition coefficient (Wildman–Crippen LogP) is 8.35. The molecule has 144 valence electrons. The summed E-state index contributed by atoms with van der Waals surface area (Å²) in [7, 11) is 0. The Balaban J connectivity index is 0.000000243. The maximum atomic E-state index is 2.39. The Hall–Kier alpha value is 0. The standard InChI is InChI=1S/C13H26.C11H22/c1-12(2,3)11(13(4,5)6)9-10-7-8-10;1-9(2,3)11(7-8-11)10(4,5)6/h10-11H,7-9H2,1-6H3;7-8H2,1-6H3. The Labute approximate surface area is 154 Å². The van der Waals surface area contributed by atoms with Crippen molar-refractivity contribution < 1.29 is 0 Å². The fourth-order valence-corrected chi connectivity index (χ4v) is 5.44. The van der Waals surface area contributed by atoms with Gasteiger partial charge in [0.2, 0.25) is 0 Å². The summed E-state index contributed by atoms with van der Waals surface area (Å²) < 4.78 is 0. The molecule has 0 bridgehead atoms. The van der Waals surface area contributed by atoms with Crippen LogP contribution in [0.1, 0.15) is 115 Å². The molecule has 0 unspecified atom stereocenters. The van der Waals surface area contributed by atoms with Gasteiger partial charge in [-0.2, -0.15) is 0 Å². The van der Waals surface area contributed by atoms with Crippen LogP contribution in [0.2, 0.25) is 0 Å². The van der Waals surface area contributed by atoms with Crippen molar-refractivity contribution in [3.8, 4) is 0 Å². The molecule has 0 atom stereocenters. The van der Waals surface area contributed by atoms with Crippen LogP contribution in [0.25, 0.3) is 0 Å². The molecule has 2 fully saturated rings. The third kappa shape index (κ3) is 5.50. The summed E-state index contributed by atoms with van der Waals surface area (Å²) in [6.45, 7) is 28.6. The minimum Gasteiger partial charge on any atom is -0.0599 e. The van der Waals surface area contributed by atoms with Crippen molar-refractivity contribution in [1.29, 1.82) is 0 Å². The average Bonchev–Trinajstić information content (AvgIpc) is 3.14. The zero-order valence-electron chi connectivity index (χ0n) is 19.2. The minimum atomic E-state index is 0.473. The zero-order chi connectivity index (χ0) is 19.2. The molecule has 0 heteroatoms. The van der Waals surface area contributed by atoms with Crippen molar-refractivity contribution in [2.45, 2.75) is 115 Å². The molecular formula is C24H48. The van der Waals surface area contributed by atoms with Crippen LogP contribution in [-0.2, 0) is 0 Å². The van der Waals surface area contributed by atoms with E-state index >= 15 is 0 Å². The smallest absolute Gasteiger partial charge is 0.0200 e. The molecule has 0 radical (unpaired) electrons. The van der Waals surface area contributed by atoms with Crippen molar-refractivity contribution in [2.24, 2.45) is 38.9 Å². The topological polar surface area (TPSA) is 0 Å². The van der Waals surface area contributed by atoms with Gasteiger partial charge >= 0.3 is 0 Å². The summed E-state index contributed by atoms with van der Waals surface area (Å²) in [5.41, 5.74) is 2.55. The van der Waals surface area contributed by atoms with Crippen LogP contribution in [0.5, 0.6) is 0 Å². The highest BCUT2D eigenvalue weighted by atomic mass is 14.6. The van der Waals surface area contributed by atoms with Gasteiger partial charge in [-0.3, -0.25) is 0 Å².